The highest BCUT2D eigenvalue weighted by atomic mass is 79.9. The molecule has 0 radical (unpaired) electrons. The highest BCUT2D eigenvalue weighted by molar-refractivity contribution is 9.10. The number of rotatable bonds is 5. The first-order valence-corrected chi connectivity index (χ1v) is 8.77. The fraction of sp³-hybridized carbons (Fsp3) is 0.111. The number of carbonyl (C=O) groups is 2. The van der Waals surface area contributed by atoms with Crippen LogP contribution in [0.3, 0.4) is 0 Å². The molecule has 9 heteroatoms. The zero-order valence-electron chi connectivity index (χ0n) is 14.3. The lowest BCUT2D eigenvalue weighted by Crippen LogP contribution is -2.44. The second-order valence-electron chi connectivity index (χ2n) is 5.63. The van der Waals surface area contributed by atoms with Crippen LogP contribution in [-0.2, 0) is 4.79 Å². The van der Waals surface area contributed by atoms with Gasteiger partial charge in [0.2, 0.25) is 0 Å². The second-order valence-corrected chi connectivity index (χ2v) is 6.54. The number of benzene rings is 2. The lowest BCUT2D eigenvalue weighted by molar-refractivity contribution is -0.123. The molecule has 138 valence electrons. The first-order valence-electron chi connectivity index (χ1n) is 7.98. The van der Waals surface area contributed by atoms with E-state index in [2.05, 4.69) is 37.1 Å². The predicted octanol–water partition coefficient (Wildman–Crippen LogP) is 2.18. The van der Waals surface area contributed by atoms with Crippen LogP contribution in [-0.4, -0.2) is 33.4 Å². The summed E-state index contributed by atoms with van der Waals surface area (Å²) in [6.07, 6.45) is 1.48. The Hall–Kier alpha value is -3.20. The molecule has 0 aliphatic rings. The zero-order chi connectivity index (χ0) is 19.2. The molecule has 0 saturated carbocycles. The van der Waals surface area contributed by atoms with Gasteiger partial charge in [0.1, 0.15) is 5.75 Å². The average Bonchev–Trinajstić information content (AvgIpc) is 3.16. The average molecular weight is 430 g/mol. The van der Waals surface area contributed by atoms with Crippen molar-refractivity contribution in [2.45, 2.75) is 6.92 Å². The number of nitrogens with one attached hydrogen (secondary N) is 2. The minimum absolute atomic E-state index is 0.0738. The largest absolute Gasteiger partial charge is 0.484 e. The minimum atomic E-state index is -0.578. The number of hydrazine groups is 1. The van der Waals surface area contributed by atoms with Crippen molar-refractivity contribution >= 4 is 27.7 Å². The van der Waals surface area contributed by atoms with Crippen molar-refractivity contribution in [1.82, 2.24) is 25.8 Å². The molecular formula is C18H16BrN5O3. The molecule has 0 spiro atoms. The fourth-order valence-electron chi connectivity index (χ4n) is 2.10. The maximum atomic E-state index is 12.1. The monoisotopic (exact) mass is 429 g/mol. The first kappa shape index (κ1) is 18.6. The molecule has 27 heavy (non-hydrogen) atoms. The zero-order valence-corrected chi connectivity index (χ0v) is 15.9. The molecule has 1 aromatic heterocycles. The number of hydrogen-bond donors (Lipinski definition) is 2. The third-order valence-corrected chi connectivity index (χ3v) is 4.05. The quantitative estimate of drug-likeness (QED) is 0.605. The molecule has 3 rings (SSSR count). The number of halogens is 1. The number of nitrogens with zero attached hydrogens (tertiary/aromatic N) is 3. The van der Waals surface area contributed by atoms with Gasteiger partial charge in [0, 0.05) is 4.47 Å². The maximum Gasteiger partial charge on any atom is 0.291 e. The van der Waals surface area contributed by atoms with Crippen molar-refractivity contribution in [1.29, 1.82) is 0 Å². The highest BCUT2D eigenvalue weighted by Gasteiger charge is 2.12. The van der Waals surface area contributed by atoms with Crippen LogP contribution in [0, 0.1) is 6.92 Å². The van der Waals surface area contributed by atoms with Crippen LogP contribution >= 0.6 is 15.9 Å². The van der Waals surface area contributed by atoms with Crippen LogP contribution in [0.25, 0.3) is 5.69 Å². The summed E-state index contributed by atoms with van der Waals surface area (Å²) >= 11 is 3.31. The van der Waals surface area contributed by atoms with Crippen LogP contribution in [0.2, 0.25) is 0 Å². The third-order valence-electron chi connectivity index (χ3n) is 3.52. The van der Waals surface area contributed by atoms with Crippen molar-refractivity contribution in [2.24, 2.45) is 0 Å². The Bertz CT molecular complexity index is 938. The van der Waals surface area contributed by atoms with Gasteiger partial charge in [0.05, 0.1) is 11.9 Å². The minimum Gasteiger partial charge on any atom is -0.484 e. The van der Waals surface area contributed by atoms with Crippen LogP contribution < -0.4 is 15.6 Å². The summed E-state index contributed by atoms with van der Waals surface area (Å²) in [5.41, 5.74) is 6.51. The topological polar surface area (TPSA) is 98.1 Å². The normalized spacial score (nSPS) is 10.3. The molecule has 0 atom stereocenters. The number of ether oxygens (including phenoxy) is 1. The Labute approximate surface area is 163 Å². The van der Waals surface area contributed by atoms with E-state index in [-0.39, 0.29) is 12.3 Å². The van der Waals surface area contributed by atoms with E-state index in [9.17, 15) is 9.59 Å². The Morgan fingerprint density at radius 1 is 1.07 bits per heavy atom. The van der Waals surface area contributed by atoms with Gasteiger partial charge in [-0.3, -0.25) is 20.4 Å². The van der Waals surface area contributed by atoms with Gasteiger partial charge in [-0.1, -0.05) is 38.8 Å². The Morgan fingerprint density at radius 2 is 1.78 bits per heavy atom. The number of hydrogen-bond acceptors (Lipinski definition) is 5. The Kier molecular flexibility index (Phi) is 5.82. The van der Waals surface area contributed by atoms with Gasteiger partial charge in [-0.2, -0.15) is 0 Å². The van der Waals surface area contributed by atoms with Crippen molar-refractivity contribution in [3.63, 3.8) is 0 Å². The molecule has 8 nitrogen and oxygen atoms in total. The summed E-state index contributed by atoms with van der Waals surface area (Å²) in [5, 5.41) is 7.72. The molecule has 2 aromatic carbocycles. The van der Waals surface area contributed by atoms with Gasteiger partial charge in [-0.25, -0.2) is 4.68 Å². The molecule has 0 fully saturated rings. The molecule has 1 heterocycles. The first-order chi connectivity index (χ1) is 13.0. The fourth-order valence-corrected chi connectivity index (χ4v) is 2.36. The van der Waals surface area contributed by atoms with E-state index in [1.165, 1.54) is 10.9 Å². The molecule has 3 aromatic rings. The van der Waals surface area contributed by atoms with Gasteiger partial charge in [-0.05, 0) is 43.3 Å². The van der Waals surface area contributed by atoms with Gasteiger partial charge in [0.15, 0.2) is 12.3 Å². The second kappa shape index (κ2) is 8.45. The van der Waals surface area contributed by atoms with Crippen molar-refractivity contribution < 1.29 is 14.3 Å². The lowest BCUT2D eigenvalue weighted by atomic mass is 10.2. The van der Waals surface area contributed by atoms with E-state index in [0.29, 0.717) is 5.75 Å². The molecule has 2 amide bonds. The lowest BCUT2D eigenvalue weighted by Gasteiger charge is -2.07. The number of amides is 2. The number of carbonyl (C=O) groups excluding carboxylic acids is 2. The van der Waals surface area contributed by atoms with E-state index >= 15 is 0 Å². The Morgan fingerprint density at radius 3 is 2.48 bits per heavy atom. The van der Waals surface area contributed by atoms with Crippen molar-refractivity contribution in [3.8, 4) is 11.4 Å². The smallest absolute Gasteiger partial charge is 0.291 e. The molecule has 0 aliphatic heterocycles. The number of aromatic nitrogens is 3. The Balaban J connectivity index is 1.49. The van der Waals surface area contributed by atoms with E-state index in [4.69, 9.17) is 4.74 Å². The van der Waals surface area contributed by atoms with Crippen molar-refractivity contribution in [2.75, 3.05) is 6.61 Å². The van der Waals surface area contributed by atoms with E-state index in [0.717, 1.165) is 15.7 Å². The molecule has 0 aliphatic carbocycles. The van der Waals surface area contributed by atoms with Crippen LogP contribution in [0.1, 0.15) is 16.1 Å². The summed E-state index contributed by atoms with van der Waals surface area (Å²) in [6, 6.07) is 14.6. The highest BCUT2D eigenvalue weighted by Crippen LogP contribution is 2.15. The van der Waals surface area contributed by atoms with Gasteiger partial charge < -0.3 is 4.74 Å². The van der Waals surface area contributed by atoms with Crippen molar-refractivity contribution in [3.05, 3.63) is 70.5 Å². The van der Waals surface area contributed by atoms with E-state index in [1.54, 1.807) is 24.3 Å². The summed E-state index contributed by atoms with van der Waals surface area (Å²) in [7, 11) is 0. The summed E-state index contributed by atoms with van der Waals surface area (Å²) in [6.45, 7) is 1.74. The van der Waals surface area contributed by atoms with Crippen LogP contribution in [0.4, 0.5) is 0 Å². The SMILES string of the molecule is Cc1ccc(-n2cc(C(=O)NNC(=O)COc3ccc(Br)cc3)nn2)cc1. The molecule has 2 N–H and O–H groups in total. The molecular weight excluding hydrogens is 414 g/mol. The third kappa shape index (κ3) is 5.14. The molecule has 0 unspecified atom stereocenters. The summed E-state index contributed by atoms with van der Waals surface area (Å²) in [4.78, 5) is 23.8. The van der Waals surface area contributed by atoms with Gasteiger partial charge in [-0.15, -0.1) is 5.10 Å². The number of aryl methyl sites for hydroxylation is 1. The summed E-state index contributed by atoms with van der Waals surface area (Å²) in [5.74, 6) is -0.539. The van der Waals surface area contributed by atoms with E-state index < -0.39 is 11.8 Å². The van der Waals surface area contributed by atoms with Gasteiger partial charge >= 0.3 is 0 Å². The maximum absolute atomic E-state index is 12.1. The van der Waals surface area contributed by atoms with Crippen LogP contribution in [0.15, 0.2) is 59.2 Å². The van der Waals surface area contributed by atoms with Gasteiger partial charge in [0.25, 0.3) is 11.8 Å². The van der Waals surface area contributed by atoms with Crippen LogP contribution in [0.5, 0.6) is 5.75 Å². The predicted molar refractivity (Wildman–Crippen MR) is 101 cm³/mol. The standard InChI is InChI=1S/C18H16BrN5O3/c1-12-2-6-14(7-3-12)24-10-16(20-23-24)18(26)22-21-17(25)11-27-15-8-4-13(19)5-9-15/h2-10H,11H2,1H3,(H,21,25)(H,22,26). The summed E-state index contributed by atoms with van der Waals surface area (Å²) < 4.78 is 7.70. The molecule has 0 saturated heterocycles. The molecule has 0 bridgehead atoms. The van der Waals surface area contributed by atoms with E-state index in [1.807, 2.05) is 31.2 Å².